The van der Waals surface area contributed by atoms with E-state index in [1.54, 1.807) is 42.5 Å². The van der Waals surface area contributed by atoms with E-state index in [4.69, 9.17) is 11.5 Å². The summed E-state index contributed by atoms with van der Waals surface area (Å²) < 4.78 is 0. The van der Waals surface area contributed by atoms with Crippen LogP contribution in [0, 0.1) is 0 Å². The van der Waals surface area contributed by atoms with Crippen molar-refractivity contribution in [2.45, 2.75) is 12.5 Å². The summed E-state index contributed by atoms with van der Waals surface area (Å²) in [6.45, 7) is 4.93. The van der Waals surface area contributed by atoms with Crippen LogP contribution >= 0.6 is 0 Å². The van der Waals surface area contributed by atoms with Crippen LogP contribution < -0.4 is 11.5 Å². The Morgan fingerprint density at radius 3 is 1.78 bits per heavy atom. The van der Waals surface area contributed by atoms with Crippen LogP contribution in [0.25, 0.3) is 5.57 Å². The maximum atomic E-state index is 10.8. The Balaban J connectivity index is 0.000000231. The average Bonchev–Trinajstić information content (AvgIpc) is 2.56. The second-order valence-corrected chi connectivity index (χ2v) is 5.01. The quantitative estimate of drug-likeness (QED) is 0.746. The van der Waals surface area contributed by atoms with Gasteiger partial charge < -0.3 is 16.6 Å². The number of rotatable bonds is 4. The first kappa shape index (κ1) is 18.1. The lowest BCUT2D eigenvalue weighted by Crippen LogP contribution is -2.38. The zero-order valence-electron chi connectivity index (χ0n) is 12.9. The molecule has 2 aromatic carbocycles. The molecular weight excluding hydrogens is 292 g/mol. The van der Waals surface area contributed by atoms with Gasteiger partial charge in [-0.05, 0) is 18.1 Å². The summed E-state index contributed by atoms with van der Waals surface area (Å²) in [5.41, 5.74) is 10.1. The predicted molar refractivity (Wildman–Crippen MR) is 89.9 cm³/mol. The van der Waals surface area contributed by atoms with Gasteiger partial charge in [-0.3, -0.25) is 9.59 Å². The zero-order chi connectivity index (χ0) is 17.5. The van der Waals surface area contributed by atoms with E-state index in [1.807, 2.05) is 18.2 Å². The topological polar surface area (TPSA) is 106 Å². The van der Waals surface area contributed by atoms with E-state index in [2.05, 4.69) is 6.58 Å². The minimum Gasteiger partial charge on any atom is -0.376 e. The molecule has 0 fully saturated rings. The summed E-state index contributed by atoms with van der Waals surface area (Å²) in [5, 5.41) is 9.59. The Morgan fingerprint density at radius 2 is 1.39 bits per heavy atom. The molecule has 120 valence electrons. The van der Waals surface area contributed by atoms with Crippen molar-refractivity contribution in [3.8, 4) is 0 Å². The van der Waals surface area contributed by atoms with E-state index >= 15 is 0 Å². The van der Waals surface area contributed by atoms with Gasteiger partial charge in [0.05, 0.1) is 0 Å². The van der Waals surface area contributed by atoms with Gasteiger partial charge in [0.2, 0.25) is 5.91 Å². The molecule has 2 amide bonds. The molecule has 1 atom stereocenters. The van der Waals surface area contributed by atoms with Crippen molar-refractivity contribution in [2.24, 2.45) is 11.5 Å². The molecule has 5 N–H and O–H groups in total. The molecule has 23 heavy (non-hydrogen) atoms. The highest BCUT2D eigenvalue weighted by Crippen LogP contribution is 2.18. The maximum Gasteiger partial charge on any atom is 0.253 e. The van der Waals surface area contributed by atoms with Crippen molar-refractivity contribution >= 4 is 17.4 Å². The predicted octanol–water partition coefficient (Wildman–Crippen LogP) is 1.56. The second kappa shape index (κ2) is 7.91. The van der Waals surface area contributed by atoms with Gasteiger partial charge in [0.25, 0.3) is 5.91 Å². The molecule has 0 radical (unpaired) electrons. The summed E-state index contributed by atoms with van der Waals surface area (Å²) in [4.78, 5) is 21.4. The number of benzene rings is 2. The molecule has 5 heteroatoms. The molecule has 0 aliphatic carbocycles. The fourth-order valence-electron chi connectivity index (χ4n) is 1.69. The molecule has 0 aliphatic rings. The monoisotopic (exact) mass is 312 g/mol. The van der Waals surface area contributed by atoms with Crippen LogP contribution in [0.2, 0.25) is 0 Å². The van der Waals surface area contributed by atoms with E-state index in [0.717, 1.165) is 5.56 Å². The Labute approximate surface area is 135 Å². The molecule has 0 saturated carbocycles. The number of hydrogen-bond donors (Lipinski definition) is 3. The average molecular weight is 312 g/mol. The van der Waals surface area contributed by atoms with Crippen LogP contribution in [0.4, 0.5) is 0 Å². The van der Waals surface area contributed by atoms with Crippen LogP contribution in [0.1, 0.15) is 18.1 Å². The van der Waals surface area contributed by atoms with Gasteiger partial charge in [0, 0.05) is 5.57 Å². The highest BCUT2D eigenvalue weighted by atomic mass is 16.3. The van der Waals surface area contributed by atoms with Gasteiger partial charge in [-0.1, -0.05) is 67.2 Å². The van der Waals surface area contributed by atoms with E-state index in [-0.39, 0.29) is 0 Å². The lowest BCUT2D eigenvalue weighted by atomic mass is 9.96. The lowest BCUT2D eigenvalue weighted by Gasteiger charge is -2.18. The molecule has 1 unspecified atom stereocenters. The van der Waals surface area contributed by atoms with E-state index in [0.29, 0.717) is 11.1 Å². The smallest absolute Gasteiger partial charge is 0.253 e. The molecule has 0 heterocycles. The number of hydrogen-bond acceptors (Lipinski definition) is 3. The minimum absolute atomic E-state index is 0.352. The number of carbonyl (C=O) groups excluding carboxylic acids is 2. The Kier molecular flexibility index (Phi) is 6.24. The van der Waals surface area contributed by atoms with E-state index in [9.17, 15) is 14.7 Å². The summed E-state index contributed by atoms with van der Waals surface area (Å²) in [5.74, 6) is -1.22. The van der Waals surface area contributed by atoms with Gasteiger partial charge in [-0.2, -0.15) is 0 Å². The number of nitrogens with two attached hydrogens (primary N) is 2. The van der Waals surface area contributed by atoms with Crippen molar-refractivity contribution < 1.29 is 14.7 Å². The van der Waals surface area contributed by atoms with Crippen LogP contribution in [-0.4, -0.2) is 16.9 Å². The molecule has 0 bridgehead atoms. The number of carbonyl (C=O) groups is 2. The minimum atomic E-state index is -1.57. The lowest BCUT2D eigenvalue weighted by molar-refractivity contribution is -0.135. The molecule has 5 nitrogen and oxygen atoms in total. The third-order valence-electron chi connectivity index (χ3n) is 3.24. The Morgan fingerprint density at radius 1 is 0.957 bits per heavy atom. The summed E-state index contributed by atoms with van der Waals surface area (Å²) in [6.07, 6.45) is 0. The Bertz CT molecular complexity index is 680. The third kappa shape index (κ3) is 5.09. The highest BCUT2D eigenvalue weighted by molar-refractivity contribution is 6.17. The number of primary amides is 2. The summed E-state index contributed by atoms with van der Waals surface area (Å²) in [7, 11) is 0. The van der Waals surface area contributed by atoms with Crippen LogP contribution in [0.3, 0.4) is 0 Å². The first-order valence-electron chi connectivity index (χ1n) is 6.88. The first-order chi connectivity index (χ1) is 10.8. The van der Waals surface area contributed by atoms with Gasteiger partial charge in [-0.15, -0.1) is 0 Å². The maximum absolute atomic E-state index is 10.8. The fraction of sp³-hybridized carbons (Fsp3) is 0.111. The van der Waals surface area contributed by atoms with Gasteiger partial charge in [-0.25, -0.2) is 0 Å². The van der Waals surface area contributed by atoms with E-state index < -0.39 is 17.4 Å². The Hall–Kier alpha value is -2.92. The highest BCUT2D eigenvalue weighted by Gasteiger charge is 2.29. The van der Waals surface area contributed by atoms with Crippen LogP contribution in [0.15, 0.2) is 67.2 Å². The third-order valence-corrected chi connectivity index (χ3v) is 3.24. The first-order valence-corrected chi connectivity index (χ1v) is 6.88. The van der Waals surface area contributed by atoms with Crippen LogP contribution in [-0.2, 0) is 15.2 Å². The van der Waals surface area contributed by atoms with E-state index in [1.165, 1.54) is 6.92 Å². The molecule has 0 saturated heterocycles. The largest absolute Gasteiger partial charge is 0.376 e. The standard InChI is InChI=1S/C9H11NO2.C9H9NO/c1-9(12,8(10)11)7-5-3-2-4-6-7;1-7(9(10)11)8-5-3-2-4-6-8/h2-6,12H,1H3,(H2,10,11);2-6H,1H2,(H2,10,11). The second-order valence-electron chi connectivity index (χ2n) is 5.01. The van der Waals surface area contributed by atoms with Crippen LogP contribution in [0.5, 0.6) is 0 Å². The van der Waals surface area contributed by atoms with Crippen molar-refractivity contribution in [3.05, 3.63) is 78.4 Å². The molecule has 2 aromatic rings. The van der Waals surface area contributed by atoms with Crippen molar-refractivity contribution in [1.82, 2.24) is 0 Å². The number of aliphatic hydroxyl groups is 1. The molecular formula is C18H20N2O3. The van der Waals surface area contributed by atoms with Crippen molar-refractivity contribution in [1.29, 1.82) is 0 Å². The van der Waals surface area contributed by atoms with Gasteiger partial charge >= 0.3 is 0 Å². The normalized spacial score (nSPS) is 12.3. The van der Waals surface area contributed by atoms with Crippen molar-refractivity contribution in [3.63, 3.8) is 0 Å². The van der Waals surface area contributed by atoms with Gasteiger partial charge in [0.15, 0.2) is 5.60 Å². The molecule has 2 rings (SSSR count). The summed E-state index contributed by atoms with van der Waals surface area (Å²) in [6, 6.07) is 17.8. The SMILES string of the molecule is C=C(C(N)=O)c1ccccc1.CC(O)(C(N)=O)c1ccccc1. The van der Waals surface area contributed by atoms with Crippen molar-refractivity contribution in [2.75, 3.05) is 0 Å². The van der Waals surface area contributed by atoms with Gasteiger partial charge in [0.1, 0.15) is 0 Å². The zero-order valence-corrected chi connectivity index (χ0v) is 12.9. The number of amides is 2. The molecule has 0 aliphatic heterocycles. The molecule has 0 aromatic heterocycles. The summed E-state index contributed by atoms with van der Waals surface area (Å²) >= 11 is 0. The molecule has 0 spiro atoms. The fourth-order valence-corrected chi connectivity index (χ4v) is 1.69.